The summed E-state index contributed by atoms with van der Waals surface area (Å²) in [4.78, 5) is 23.5. The Labute approximate surface area is 147 Å². The number of fused-ring (bicyclic) bond motifs is 1. The van der Waals surface area contributed by atoms with Crippen LogP contribution in [0.1, 0.15) is 42.9 Å². The maximum atomic E-state index is 12.3. The molecule has 0 aliphatic heterocycles. The quantitative estimate of drug-likeness (QED) is 0.766. The van der Waals surface area contributed by atoms with Crippen LogP contribution in [-0.4, -0.2) is 36.7 Å². The monoisotopic (exact) mass is 347 g/mol. The van der Waals surface area contributed by atoms with Crippen LogP contribution in [0, 0.1) is 6.92 Å². The van der Waals surface area contributed by atoms with E-state index in [1.165, 1.54) is 12.7 Å². The van der Waals surface area contributed by atoms with Crippen molar-refractivity contribution in [1.29, 1.82) is 0 Å². The van der Waals surface area contributed by atoms with Gasteiger partial charge in [-0.25, -0.2) is 4.79 Å². The zero-order chi connectivity index (χ0) is 18.6. The van der Waals surface area contributed by atoms with Gasteiger partial charge in [-0.1, -0.05) is 13.8 Å². The van der Waals surface area contributed by atoms with Gasteiger partial charge < -0.3 is 19.6 Å². The molecule has 0 aliphatic carbocycles. The van der Waals surface area contributed by atoms with E-state index in [0.29, 0.717) is 5.92 Å². The number of carboxylic acids is 1. The van der Waals surface area contributed by atoms with Gasteiger partial charge in [0, 0.05) is 31.1 Å². The van der Waals surface area contributed by atoms with Crippen molar-refractivity contribution < 1.29 is 23.8 Å². The lowest BCUT2D eigenvalue weighted by Crippen LogP contribution is -2.42. The Morgan fingerprint density at radius 2 is 2.04 bits per heavy atom. The third-order valence-electron chi connectivity index (χ3n) is 4.26. The van der Waals surface area contributed by atoms with Gasteiger partial charge in [0.25, 0.3) is 0 Å². The molecule has 1 aromatic carbocycles. The van der Waals surface area contributed by atoms with Crippen LogP contribution in [0.5, 0.6) is 0 Å². The van der Waals surface area contributed by atoms with Crippen LogP contribution < -0.4 is 5.32 Å². The number of aryl methyl sites for hydroxylation is 1. The van der Waals surface area contributed by atoms with Gasteiger partial charge in [-0.3, -0.25) is 4.79 Å². The number of hydrogen-bond donors (Lipinski definition) is 2. The smallest absolute Gasteiger partial charge is 0.326 e. The lowest BCUT2D eigenvalue weighted by Gasteiger charge is -2.14. The standard InChI is InChI=1S/C19H25NO5/c1-11(2)14-9-15-13(10-25-17(15)7-12(14)3)8-18(21)20-16(19(22)23)5-6-24-4/h7,9-11,16H,5-6,8H2,1-4H3,(H,20,21)(H,22,23). The highest BCUT2D eigenvalue weighted by atomic mass is 16.5. The van der Waals surface area contributed by atoms with Crippen LogP contribution in [-0.2, 0) is 20.7 Å². The molecule has 6 nitrogen and oxygen atoms in total. The zero-order valence-corrected chi connectivity index (χ0v) is 15.1. The van der Waals surface area contributed by atoms with E-state index in [0.717, 1.165) is 22.1 Å². The number of ether oxygens (including phenoxy) is 1. The summed E-state index contributed by atoms with van der Waals surface area (Å²) in [5.41, 5.74) is 3.85. The summed E-state index contributed by atoms with van der Waals surface area (Å²) in [6.07, 6.45) is 1.86. The fourth-order valence-electron chi connectivity index (χ4n) is 2.92. The molecule has 1 unspecified atom stereocenters. The van der Waals surface area contributed by atoms with Crippen molar-refractivity contribution in [2.75, 3.05) is 13.7 Å². The number of furan rings is 1. The van der Waals surface area contributed by atoms with Crippen molar-refractivity contribution in [2.45, 2.75) is 45.6 Å². The fourth-order valence-corrected chi connectivity index (χ4v) is 2.92. The van der Waals surface area contributed by atoms with Crippen LogP contribution in [0.15, 0.2) is 22.8 Å². The van der Waals surface area contributed by atoms with Crippen molar-refractivity contribution in [3.05, 3.63) is 35.1 Å². The highest BCUT2D eigenvalue weighted by molar-refractivity contribution is 5.90. The predicted molar refractivity (Wildman–Crippen MR) is 94.8 cm³/mol. The van der Waals surface area contributed by atoms with E-state index in [1.54, 1.807) is 6.26 Å². The van der Waals surface area contributed by atoms with Gasteiger partial charge in [0.2, 0.25) is 5.91 Å². The molecule has 136 valence electrons. The van der Waals surface area contributed by atoms with Gasteiger partial charge in [0.1, 0.15) is 11.6 Å². The maximum Gasteiger partial charge on any atom is 0.326 e. The van der Waals surface area contributed by atoms with E-state index in [1.807, 2.05) is 13.0 Å². The second-order valence-electron chi connectivity index (χ2n) is 6.54. The molecule has 2 aromatic rings. The molecule has 0 aliphatic rings. The minimum atomic E-state index is -1.07. The first kappa shape index (κ1) is 19.0. The van der Waals surface area contributed by atoms with E-state index in [-0.39, 0.29) is 25.4 Å². The number of aliphatic carboxylic acids is 1. The number of rotatable bonds is 8. The summed E-state index contributed by atoms with van der Waals surface area (Å²) in [7, 11) is 1.49. The maximum absolute atomic E-state index is 12.3. The van der Waals surface area contributed by atoms with Crippen LogP contribution in [0.4, 0.5) is 0 Å². The second kappa shape index (κ2) is 8.16. The molecule has 0 radical (unpaired) electrons. The first-order valence-electron chi connectivity index (χ1n) is 8.35. The van der Waals surface area contributed by atoms with Gasteiger partial charge in [-0.2, -0.15) is 0 Å². The van der Waals surface area contributed by atoms with Crippen molar-refractivity contribution in [3.63, 3.8) is 0 Å². The number of nitrogens with one attached hydrogen (secondary N) is 1. The Kier molecular flexibility index (Phi) is 6.20. The van der Waals surface area contributed by atoms with Gasteiger partial charge >= 0.3 is 5.97 Å². The molecule has 0 saturated heterocycles. The number of benzene rings is 1. The second-order valence-corrected chi connectivity index (χ2v) is 6.54. The minimum absolute atomic E-state index is 0.0738. The lowest BCUT2D eigenvalue weighted by molar-refractivity contribution is -0.142. The highest BCUT2D eigenvalue weighted by Gasteiger charge is 2.21. The molecule has 1 heterocycles. The highest BCUT2D eigenvalue weighted by Crippen LogP contribution is 2.29. The summed E-state index contributed by atoms with van der Waals surface area (Å²) in [6, 6.07) is 3.07. The van der Waals surface area contributed by atoms with Crippen LogP contribution in [0.25, 0.3) is 11.0 Å². The Balaban J connectivity index is 2.17. The van der Waals surface area contributed by atoms with Gasteiger partial charge in [0.15, 0.2) is 0 Å². The Morgan fingerprint density at radius 3 is 2.64 bits per heavy atom. The first-order chi connectivity index (χ1) is 11.8. The molecule has 0 fully saturated rings. The average molecular weight is 347 g/mol. The molecule has 0 saturated carbocycles. The fraction of sp³-hybridized carbons (Fsp3) is 0.474. The van der Waals surface area contributed by atoms with E-state index < -0.39 is 12.0 Å². The molecule has 0 bridgehead atoms. The SMILES string of the molecule is COCCC(NC(=O)Cc1coc2cc(C)c(C(C)C)cc12)C(=O)O. The van der Waals surface area contributed by atoms with Crippen molar-refractivity contribution in [1.82, 2.24) is 5.32 Å². The van der Waals surface area contributed by atoms with Gasteiger partial charge in [-0.15, -0.1) is 0 Å². The van der Waals surface area contributed by atoms with Gasteiger partial charge in [0.05, 0.1) is 12.7 Å². The molecule has 2 rings (SSSR count). The Hall–Kier alpha value is -2.34. The Bertz CT molecular complexity index is 763. The molecular weight excluding hydrogens is 322 g/mol. The molecule has 2 N–H and O–H groups in total. The predicted octanol–water partition coefficient (Wildman–Crippen LogP) is 3.01. The molecule has 6 heteroatoms. The van der Waals surface area contributed by atoms with Crippen LogP contribution in [0.2, 0.25) is 0 Å². The number of amides is 1. The third kappa shape index (κ3) is 4.60. The zero-order valence-electron chi connectivity index (χ0n) is 15.1. The van der Waals surface area contributed by atoms with Crippen LogP contribution in [0.3, 0.4) is 0 Å². The summed E-state index contributed by atoms with van der Waals surface area (Å²) in [6.45, 7) is 6.54. The molecular formula is C19H25NO5. The number of hydrogen-bond acceptors (Lipinski definition) is 4. The summed E-state index contributed by atoms with van der Waals surface area (Å²) < 4.78 is 10.5. The Morgan fingerprint density at radius 1 is 1.32 bits per heavy atom. The van der Waals surface area contributed by atoms with Crippen molar-refractivity contribution in [2.24, 2.45) is 0 Å². The summed E-state index contributed by atoms with van der Waals surface area (Å²) in [5.74, 6) is -1.05. The van der Waals surface area contributed by atoms with Gasteiger partial charge in [-0.05, 0) is 36.1 Å². The molecule has 1 atom stereocenters. The minimum Gasteiger partial charge on any atom is -0.480 e. The topological polar surface area (TPSA) is 88.8 Å². The number of carboxylic acid groups (broad SMARTS) is 1. The average Bonchev–Trinajstić information content (AvgIpc) is 2.91. The van der Waals surface area contributed by atoms with E-state index >= 15 is 0 Å². The first-order valence-corrected chi connectivity index (χ1v) is 8.35. The molecule has 25 heavy (non-hydrogen) atoms. The lowest BCUT2D eigenvalue weighted by atomic mass is 9.95. The number of carbonyl (C=O) groups excluding carboxylic acids is 1. The largest absolute Gasteiger partial charge is 0.480 e. The van der Waals surface area contributed by atoms with E-state index in [4.69, 9.17) is 9.15 Å². The molecule has 1 amide bonds. The van der Waals surface area contributed by atoms with E-state index in [9.17, 15) is 14.7 Å². The van der Waals surface area contributed by atoms with Crippen LogP contribution >= 0.6 is 0 Å². The molecule has 0 spiro atoms. The summed E-state index contributed by atoms with van der Waals surface area (Å²) >= 11 is 0. The van der Waals surface area contributed by atoms with Crippen molar-refractivity contribution in [3.8, 4) is 0 Å². The molecule has 1 aromatic heterocycles. The summed E-state index contributed by atoms with van der Waals surface area (Å²) in [5, 5.41) is 12.6. The van der Waals surface area contributed by atoms with Crippen molar-refractivity contribution >= 4 is 22.8 Å². The number of methoxy groups -OCH3 is 1. The van der Waals surface area contributed by atoms with E-state index in [2.05, 4.69) is 25.2 Å². The normalized spacial score (nSPS) is 12.5. The number of carbonyl (C=O) groups is 2. The third-order valence-corrected chi connectivity index (χ3v) is 4.26.